The Morgan fingerprint density at radius 2 is 1.54 bits per heavy atom. The third-order valence-corrected chi connectivity index (χ3v) is 3.24. The first-order valence-electron chi connectivity index (χ1n) is 5.19. The Kier molecular flexibility index (Phi) is 4.40. The summed E-state index contributed by atoms with van der Waals surface area (Å²) in [5.74, 6) is 0. The highest BCUT2D eigenvalue weighted by Crippen LogP contribution is 2.20. The van der Waals surface area contributed by atoms with Crippen molar-refractivity contribution in [3.05, 3.63) is 0 Å². The van der Waals surface area contributed by atoms with Gasteiger partial charge in [-0.1, -0.05) is 13.8 Å². The van der Waals surface area contributed by atoms with Gasteiger partial charge in [-0.25, -0.2) is 0 Å². The Labute approximate surface area is 82.9 Å². The number of aliphatic hydroxyl groups is 1. The molecule has 13 heavy (non-hydrogen) atoms. The van der Waals surface area contributed by atoms with Gasteiger partial charge in [-0.15, -0.1) is 0 Å². The second-order valence-corrected chi connectivity index (χ2v) is 4.87. The fraction of sp³-hybridized carbons (Fsp3) is 1.00. The predicted octanol–water partition coefficient (Wildman–Crippen LogP) is 2.27. The summed E-state index contributed by atoms with van der Waals surface area (Å²) < 4.78 is 0. The third kappa shape index (κ3) is 4.10. The smallest absolute Gasteiger partial charge is 0.0743 e. The van der Waals surface area contributed by atoms with Gasteiger partial charge in [0.25, 0.3) is 0 Å². The van der Waals surface area contributed by atoms with Crippen LogP contribution in [0.1, 0.15) is 47.5 Å². The lowest BCUT2D eigenvalue weighted by molar-refractivity contribution is -0.00545. The van der Waals surface area contributed by atoms with Gasteiger partial charge in [-0.3, -0.25) is 4.90 Å². The minimum Gasteiger partial charge on any atom is -0.389 e. The molecular formula is C11H25NO. The van der Waals surface area contributed by atoms with Crippen molar-refractivity contribution >= 4 is 0 Å². The van der Waals surface area contributed by atoms with Crippen molar-refractivity contribution < 1.29 is 5.11 Å². The molecule has 80 valence electrons. The number of rotatable bonds is 5. The van der Waals surface area contributed by atoms with Gasteiger partial charge in [0, 0.05) is 12.1 Å². The van der Waals surface area contributed by atoms with Crippen molar-refractivity contribution in [2.24, 2.45) is 0 Å². The number of hydrogen-bond acceptors (Lipinski definition) is 2. The molecule has 0 fully saturated rings. The molecule has 0 saturated heterocycles. The van der Waals surface area contributed by atoms with E-state index in [1.54, 1.807) is 0 Å². The molecule has 1 atom stereocenters. The van der Waals surface area contributed by atoms with Crippen molar-refractivity contribution in [1.29, 1.82) is 0 Å². The van der Waals surface area contributed by atoms with Crippen LogP contribution >= 0.6 is 0 Å². The van der Waals surface area contributed by atoms with E-state index in [1.807, 2.05) is 13.8 Å². The normalized spacial score (nSPS) is 17.5. The van der Waals surface area contributed by atoms with E-state index in [2.05, 4.69) is 32.7 Å². The largest absolute Gasteiger partial charge is 0.389 e. The fourth-order valence-corrected chi connectivity index (χ4v) is 1.11. The van der Waals surface area contributed by atoms with E-state index >= 15 is 0 Å². The molecule has 1 unspecified atom stereocenters. The number of likely N-dealkylation sites (N-methyl/N-ethyl adjacent to an activating group) is 1. The van der Waals surface area contributed by atoms with Crippen LogP contribution in [-0.2, 0) is 0 Å². The van der Waals surface area contributed by atoms with Gasteiger partial charge in [-0.2, -0.15) is 0 Å². The van der Waals surface area contributed by atoms with E-state index < -0.39 is 5.60 Å². The lowest BCUT2D eigenvalue weighted by atomic mass is 9.96. The molecule has 1 N–H and O–H groups in total. The van der Waals surface area contributed by atoms with E-state index in [4.69, 9.17) is 0 Å². The van der Waals surface area contributed by atoms with E-state index in [-0.39, 0.29) is 5.54 Å². The highest BCUT2D eigenvalue weighted by atomic mass is 16.3. The minimum atomic E-state index is -0.554. The molecule has 0 spiro atoms. The molecule has 2 nitrogen and oxygen atoms in total. The molecule has 0 aliphatic heterocycles. The fourth-order valence-electron chi connectivity index (χ4n) is 1.11. The average Bonchev–Trinajstić information content (AvgIpc) is 2.04. The SMILES string of the molecule is CCC(C)(O)CN(C)C(C)(C)CC. The van der Waals surface area contributed by atoms with Crippen molar-refractivity contribution in [2.45, 2.75) is 58.6 Å². The van der Waals surface area contributed by atoms with Crippen LogP contribution in [0.4, 0.5) is 0 Å². The van der Waals surface area contributed by atoms with Crippen LogP contribution in [-0.4, -0.2) is 34.7 Å². The third-order valence-electron chi connectivity index (χ3n) is 3.24. The summed E-state index contributed by atoms with van der Waals surface area (Å²) in [5.41, 5.74) is -0.375. The Balaban J connectivity index is 4.22. The summed E-state index contributed by atoms with van der Waals surface area (Å²) in [6.07, 6.45) is 1.90. The molecule has 0 aliphatic rings. The molecule has 0 saturated carbocycles. The summed E-state index contributed by atoms with van der Waals surface area (Å²) in [4.78, 5) is 2.23. The molecular weight excluding hydrogens is 162 g/mol. The highest BCUT2D eigenvalue weighted by Gasteiger charge is 2.27. The Morgan fingerprint density at radius 1 is 1.08 bits per heavy atom. The van der Waals surface area contributed by atoms with E-state index in [0.717, 1.165) is 19.4 Å². The number of hydrogen-bond donors (Lipinski definition) is 1. The summed E-state index contributed by atoms with van der Waals surface area (Å²) in [6.45, 7) is 11.3. The average molecular weight is 187 g/mol. The van der Waals surface area contributed by atoms with Crippen LogP contribution in [0.3, 0.4) is 0 Å². The first-order chi connectivity index (χ1) is 5.75. The molecule has 0 rings (SSSR count). The predicted molar refractivity (Wildman–Crippen MR) is 57.9 cm³/mol. The molecule has 0 bridgehead atoms. The van der Waals surface area contributed by atoms with Crippen molar-refractivity contribution in [3.8, 4) is 0 Å². The van der Waals surface area contributed by atoms with Crippen molar-refractivity contribution in [2.75, 3.05) is 13.6 Å². The molecule has 0 aromatic rings. The molecule has 0 aromatic heterocycles. The maximum atomic E-state index is 9.91. The molecule has 0 aromatic carbocycles. The number of β-amino-alcohol motifs (C(OH)–C–C–N with tert-alkyl or cyclic N) is 1. The second-order valence-electron chi connectivity index (χ2n) is 4.87. The molecule has 0 aliphatic carbocycles. The Hall–Kier alpha value is -0.0800. The lowest BCUT2D eigenvalue weighted by Crippen LogP contribution is -2.48. The summed E-state index contributed by atoms with van der Waals surface area (Å²) in [5, 5.41) is 9.91. The maximum absolute atomic E-state index is 9.91. The zero-order valence-electron chi connectivity index (χ0n) is 10.0. The maximum Gasteiger partial charge on any atom is 0.0743 e. The first kappa shape index (κ1) is 12.9. The van der Waals surface area contributed by atoms with Crippen LogP contribution in [0.2, 0.25) is 0 Å². The summed E-state index contributed by atoms with van der Waals surface area (Å²) in [6, 6.07) is 0. The zero-order chi connectivity index (χ0) is 10.7. The van der Waals surface area contributed by atoms with E-state index in [1.165, 1.54) is 0 Å². The first-order valence-corrected chi connectivity index (χ1v) is 5.19. The number of nitrogens with zero attached hydrogens (tertiary/aromatic N) is 1. The monoisotopic (exact) mass is 187 g/mol. The van der Waals surface area contributed by atoms with Crippen molar-refractivity contribution in [1.82, 2.24) is 4.90 Å². The van der Waals surface area contributed by atoms with Crippen LogP contribution in [0.5, 0.6) is 0 Å². The Morgan fingerprint density at radius 3 is 1.85 bits per heavy atom. The van der Waals surface area contributed by atoms with Crippen LogP contribution in [0.15, 0.2) is 0 Å². The van der Waals surface area contributed by atoms with Gasteiger partial charge in [0.1, 0.15) is 0 Å². The van der Waals surface area contributed by atoms with Gasteiger partial charge < -0.3 is 5.11 Å². The van der Waals surface area contributed by atoms with Gasteiger partial charge in [0.15, 0.2) is 0 Å². The molecule has 0 amide bonds. The van der Waals surface area contributed by atoms with Gasteiger partial charge in [0.2, 0.25) is 0 Å². The van der Waals surface area contributed by atoms with Gasteiger partial charge in [0.05, 0.1) is 5.60 Å². The molecule has 2 heteroatoms. The molecule has 0 heterocycles. The quantitative estimate of drug-likeness (QED) is 0.713. The highest BCUT2D eigenvalue weighted by molar-refractivity contribution is 4.83. The zero-order valence-corrected chi connectivity index (χ0v) is 10.0. The van der Waals surface area contributed by atoms with Crippen molar-refractivity contribution in [3.63, 3.8) is 0 Å². The Bertz CT molecular complexity index is 152. The summed E-state index contributed by atoms with van der Waals surface area (Å²) >= 11 is 0. The van der Waals surface area contributed by atoms with Crippen LogP contribution < -0.4 is 0 Å². The van der Waals surface area contributed by atoms with Gasteiger partial charge in [-0.05, 0) is 40.7 Å². The lowest BCUT2D eigenvalue weighted by Gasteiger charge is -2.39. The minimum absolute atomic E-state index is 0.180. The van der Waals surface area contributed by atoms with Crippen LogP contribution in [0.25, 0.3) is 0 Å². The second kappa shape index (κ2) is 4.43. The standard InChI is InChI=1S/C11H25NO/c1-7-10(3,4)12(6)9-11(5,13)8-2/h13H,7-9H2,1-6H3. The van der Waals surface area contributed by atoms with E-state index in [0.29, 0.717) is 0 Å². The summed E-state index contributed by atoms with van der Waals surface area (Å²) in [7, 11) is 2.08. The topological polar surface area (TPSA) is 23.5 Å². The van der Waals surface area contributed by atoms with E-state index in [9.17, 15) is 5.11 Å². The van der Waals surface area contributed by atoms with Gasteiger partial charge >= 0.3 is 0 Å². The molecule has 0 radical (unpaired) electrons. The van der Waals surface area contributed by atoms with Crippen LogP contribution in [0, 0.1) is 0 Å².